The summed E-state index contributed by atoms with van der Waals surface area (Å²) in [6.07, 6.45) is 0.880. The monoisotopic (exact) mass is 551 g/mol. The summed E-state index contributed by atoms with van der Waals surface area (Å²) in [7, 11) is -2.63. The fraction of sp³-hybridized carbons (Fsp3) is 0.310. The first-order chi connectivity index (χ1) is 18.8. The van der Waals surface area contributed by atoms with Crippen molar-refractivity contribution >= 4 is 27.5 Å². The second-order valence-corrected chi connectivity index (χ2v) is 10.9. The highest BCUT2D eigenvalue weighted by Crippen LogP contribution is 2.35. The first-order valence-corrected chi connectivity index (χ1v) is 14.3. The molecule has 1 N–H and O–H groups in total. The summed E-state index contributed by atoms with van der Waals surface area (Å²) < 4.78 is 40.1. The van der Waals surface area contributed by atoms with Gasteiger partial charge in [0.05, 0.1) is 10.6 Å². The van der Waals surface area contributed by atoms with Gasteiger partial charge in [-0.3, -0.25) is 13.9 Å². The normalized spacial score (nSPS) is 13.3. The number of likely N-dealkylation sites (N-methyl/N-ethyl adjacent to an activating group) is 1. The van der Waals surface area contributed by atoms with Crippen molar-refractivity contribution in [1.82, 2.24) is 10.2 Å². The first-order valence-electron chi connectivity index (χ1n) is 12.9. The van der Waals surface area contributed by atoms with Crippen LogP contribution in [0.2, 0.25) is 0 Å². The van der Waals surface area contributed by atoms with Crippen LogP contribution in [0.25, 0.3) is 0 Å². The molecule has 0 aromatic heterocycles. The zero-order valence-corrected chi connectivity index (χ0v) is 22.9. The van der Waals surface area contributed by atoms with Crippen molar-refractivity contribution in [3.8, 4) is 11.5 Å². The fourth-order valence-corrected chi connectivity index (χ4v) is 5.93. The highest BCUT2D eigenvalue weighted by Gasteiger charge is 2.33. The van der Waals surface area contributed by atoms with Gasteiger partial charge in [-0.25, -0.2) is 8.42 Å². The fourth-order valence-electron chi connectivity index (χ4n) is 4.50. The standard InChI is InChI=1S/C29H33N3O6S/c1-3-25(29(34)30-2)31(17-16-22-10-6-4-7-11-22)28(33)21-32(39(35,36)24-12-8-5-9-13-24)23-14-15-26-27(20-23)38-19-18-37-26/h4-15,20,25H,3,16-19,21H2,1-2H3,(H,30,34). The van der Waals surface area contributed by atoms with Crippen LogP contribution in [0.1, 0.15) is 18.9 Å². The zero-order valence-electron chi connectivity index (χ0n) is 22.1. The molecule has 1 atom stereocenters. The minimum Gasteiger partial charge on any atom is -0.486 e. The van der Waals surface area contributed by atoms with E-state index in [4.69, 9.17) is 9.47 Å². The van der Waals surface area contributed by atoms with E-state index in [1.807, 2.05) is 37.3 Å². The molecule has 206 valence electrons. The maximum atomic E-state index is 13.9. The van der Waals surface area contributed by atoms with E-state index in [2.05, 4.69) is 5.32 Å². The number of fused-ring (bicyclic) bond motifs is 1. The Morgan fingerprint density at radius 2 is 1.56 bits per heavy atom. The Bertz CT molecular complexity index is 1380. The molecule has 0 fully saturated rings. The lowest BCUT2D eigenvalue weighted by Gasteiger charge is -2.33. The Kier molecular flexibility index (Phi) is 9.08. The molecule has 10 heteroatoms. The van der Waals surface area contributed by atoms with Crippen molar-refractivity contribution in [1.29, 1.82) is 0 Å². The lowest BCUT2D eigenvalue weighted by atomic mass is 10.1. The molecule has 0 bridgehead atoms. The van der Waals surface area contributed by atoms with E-state index in [0.717, 1.165) is 9.87 Å². The molecule has 0 aliphatic carbocycles. The molecule has 2 amide bonds. The van der Waals surface area contributed by atoms with Crippen LogP contribution in [0.3, 0.4) is 0 Å². The number of nitrogens with one attached hydrogen (secondary N) is 1. The number of carbonyl (C=O) groups excluding carboxylic acids is 2. The summed E-state index contributed by atoms with van der Waals surface area (Å²) in [6.45, 7) is 2.29. The summed E-state index contributed by atoms with van der Waals surface area (Å²) in [5.74, 6) is 0.104. The summed E-state index contributed by atoms with van der Waals surface area (Å²) in [5, 5.41) is 2.63. The smallest absolute Gasteiger partial charge is 0.264 e. The first kappa shape index (κ1) is 28.0. The van der Waals surface area contributed by atoms with E-state index >= 15 is 0 Å². The molecule has 0 saturated heterocycles. The van der Waals surface area contributed by atoms with Crippen LogP contribution in [-0.2, 0) is 26.0 Å². The van der Waals surface area contributed by atoms with Crippen molar-refractivity contribution in [3.63, 3.8) is 0 Å². The van der Waals surface area contributed by atoms with Crippen molar-refractivity contribution in [3.05, 3.63) is 84.4 Å². The minimum absolute atomic E-state index is 0.0434. The van der Waals surface area contributed by atoms with Gasteiger partial charge in [-0.1, -0.05) is 55.5 Å². The number of rotatable bonds is 11. The number of hydrogen-bond donors (Lipinski definition) is 1. The largest absolute Gasteiger partial charge is 0.486 e. The Labute approximate surface area is 229 Å². The summed E-state index contributed by atoms with van der Waals surface area (Å²) in [5.41, 5.74) is 1.26. The van der Waals surface area contributed by atoms with Crippen LogP contribution in [0.15, 0.2) is 83.8 Å². The molecule has 39 heavy (non-hydrogen) atoms. The molecule has 4 rings (SSSR count). The number of ether oxygens (including phenoxy) is 2. The van der Waals surface area contributed by atoms with E-state index in [-0.39, 0.29) is 23.0 Å². The third kappa shape index (κ3) is 6.51. The Morgan fingerprint density at radius 3 is 2.21 bits per heavy atom. The second-order valence-electron chi connectivity index (χ2n) is 9.01. The number of nitrogens with zero attached hydrogens (tertiary/aromatic N) is 2. The van der Waals surface area contributed by atoms with Gasteiger partial charge in [-0.15, -0.1) is 0 Å². The van der Waals surface area contributed by atoms with Crippen LogP contribution >= 0.6 is 0 Å². The van der Waals surface area contributed by atoms with E-state index < -0.39 is 28.5 Å². The molecule has 3 aromatic rings. The second kappa shape index (κ2) is 12.7. The van der Waals surface area contributed by atoms with Gasteiger partial charge in [-0.2, -0.15) is 0 Å². The van der Waals surface area contributed by atoms with E-state index in [0.29, 0.717) is 37.6 Å². The number of hydrogen-bond acceptors (Lipinski definition) is 6. The van der Waals surface area contributed by atoms with Crippen molar-refractivity contribution in [2.45, 2.75) is 30.7 Å². The van der Waals surface area contributed by atoms with Gasteiger partial charge in [0.2, 0.25) is 11.8 Å². The number of amides is 2. The Hall–Kier alpha value is -4.05. The zero-order chi connectivity index (χ0) is 27.8. The molecular weight excluding hydrogens is 518 g/mol. The molecule has 0 saturated carbocycles. The lowest BCUT2D eigenvalue weighted by molar-refractivity contribution is -0.139. The van der Waals surface area contributed by atoms with Crippen LogP contribution in [-0.4, -0.2) is 64.5 Å². The van der Waals surface area contributed by atoms with Crippen LogP contribution in [0.5, 0.6) is 11.5 Å². The molecular formula is C29H33N3O6S. The summed E-state index contributed by atoms with van der Waals surface area (Å²) >= 11 is 0. The molecule has 0 radical (unpaired) electrons. The van der Waals surface area contributed by atoms with Crippen molar-refractivity contribution in [2.24, 2.45) is 0 Å². The maximum absolute atomic E-state index is 13.9. The van der Waals surface area contributed by atoms with Gasteiger partial charge in [0.15, 0.2) is 11.5 Å². The predicted octanol–water partition coefficient (Wildman–Crippen LogP) is 3.25. The van der Waals surface area contributed by atoms with Gasteiger partial charge in [-0.05, 0) is 42.7 Å². The number of carbonyl (C=O) groups is 2. The molecule has 9 nitrogen and oxygen atoms in total. The van der Waals surface area contributed by atoms with Crippen molar-refractivity contribution in [2.75, 3.05) is 37.7 Å². The molecule has 1 unspecified atom stereocenters. The molecule has 3 aromatic carbocycles. The van der Waals surface area contributed by atoms with Crippen LogP contribution < -0.4 is 19.1 Å². The van der Waals surface area contributed by atoms with E-state index in [9.17, 15) is 18.0 Å². The SMILES string of the molecule is CCC(C(=O)NC)N(CCc1ccccc1)C(=O)CN(c1ccc2c(c1)OCCO2)S(=O)(=O)c1ccccc1. The third-order valence-corrected chi connectivity index (χ3v) is 8.33. The maximum Gasteiger partial charge on any atom is 0.264 e. The Balaban J connectivity index is 1.71. The van der Waals surface area contributed by atoms with E-state index in [1.54, 1.807) is 36.4 Å². The molecule has 1 aliphatic heterocycles. The quantitative estimate of drug-likeness (QED) is 0.392. The van der Waals surface area contributed by atoms with Crippen LogP contribution in [0, 0.1) is 0 Å². The van der Waals surface area contributed by atoms with Gasteiger partial charge in [0, 0.05) is 19.7 Å². The molecule has 0 spiro atoms. The van der Waals surface area contributed by atoms with Gasteiger partial charge < -0.3 is 19.7 Å². The topological polar surface area (TPSA) is 105 Å². The summed E-state index contributed by atoms with van der Waals surface area (Å²) in [6, 6.07) is 21.6. The van der Waals surface area contributed by atoms with Gasteiger partial charge >= 0.3 is 0 Å². The third-order valence-electron chi connectivity index (χ3n) is 6.54. The number of anilines is 1. The van der Waals surface area contributed by atoms with Gasteiger partial charge in [0.25, 0.3) is 10.0 Å². The predicted molar refractivity (Wildman–Crippen MR) is 148 cm³/mol. The lowest BCUT2D eigenvalue weighted by Crippen LogP contribution is -2.52. The van der Waals surface area contributed by atoms with Crippen LogP contribution in [0.4, 0.5) is 5.69 Å². The average molecular weight is 552 g/mol. The number of sulfonamides is 1. The Morgan fingerprint density at radius 1 is 0.923 bits per heavy atom. The number of benzene rings is 3. The minimum atomic E-state index is -4.15. The summed E-state index contributed by atoms with van der Waals surface area (Å²) in [4.78, 5) is 28.2. The highest BCUT2D eigenvalue weighted by atomic mass is 32.2. The molecule has 1 heterocycles. The van der Waals surface area contributed by atoms with Crippen molar-refractivity contribution < 1.29 is 27.5 Å². The van der Waals surface area contributed by atoms with E-state index in [1.165, 1.54) is 24.1 Å². The van der Waals surface area contributed by atoms with Gasteiger partial charge in [0.1, 0.15) is 25.8 Å². The average Bonchev–Trinajstić information content (AvgIpc) is 2.98. The highest BCUT2D eigenvalue weighted by molar-refractivity contribution is 7.92. The molecule has 1 aliphatic rings.